The van der Waals surface area contributed by atoms with Gasteiger partial charge in [-0.15, -0.1) is 11.3 Å². The van der Waals surface area contributed by atoms with E-state index in [0.29, 0.717) is 49.7 Å². The van der Waals surface area contributed by atoms with Crippen LogP contribution in [0.4, 0.5) is 0 Å². The molecule has 0 aliphatic carbocycles. The quantitative estimate of drug-likeness (QED) is 0.111. The van der Waals surface area contributed by atoms with Gasteiger partial charge in [0.15, 0.2) is 5.78 Å². The summed E-state index contributed by atoms with van der Waals surface area (Å²) in [4.78, 5) is 26.0. The number of benzene rings is 3. The van der Waals surface area contributed by atoms with Crippen LogP contribution in [0.3, 0.4) is 0 Å². The lowest BCUT2D eigenvalue weighted by Crippen LogP contribution is -2.25. The molecule has 0 fully saturated rings. The Morgan fingerprint density at radius 2 is 1.67 bits per heavy atom. The van der Waals surface area contributed by atoms with Crippen LogP contribution in [0.5, 0.6) is 17.2 Å². The van der Waals surface area contributed by atoms with Gasteiger partial charge in [0.25, 0.3) is 0 Å². The van der Waals surface area contributed by atoms with Crippen molar-refractivity contribution in [2.45, 2.75) is 0 Å². The smallest absolute Gasteiger partial charge is 0.243 e. The van der Waals surface area contributed by atoms with Crippen molar-refractivity contribution in [3.8, 4) is 27.7 Å². The third-order valence-electron chi connectivity index (χ3n) is 5.83. The molecule has 9 heteroatoms. The number of hydrogen-bond acceptors (Lipinski definition) is 8. The first-order valence-electron chi connectivity index (χ1n) is 12.4. The van der Waals surface area contributed by atoms with Crippen molar-refractivity contribution >= 4 is 33.1 Å². The molecule has 1 heterocycles. The van der Waals surface area contributed by atoms with Crippen LogP contribution in [-0.2, 0) is 9.53 Å². The Morgan fingerprint density at radius 1 is 0.923 bits per heavy atom. The fraction of sp³-hybridized carbons (Fsp3) is 0.200. The minimum atomic E-state index is -0.163. The molecule has 4 aromatic rings. The summed E-state index contributed by atoms with van der Waals surface area (Å²) in [5.74, 6) is 0.620. The van der Waals surface area contributed by atoms with Gasteiger partial charge in [-0.3, -0.25) is 9.59 Å². The van der Waals surface area contributed by atoms with Crippen molar-refractivity contribution in [3.05, 3.63) is 90.0 Å². The first-order chi connectivity index (χ1) is 19.0. The fourth-order valence-electron chi connectivity index (χ4n) is 3.90. The van der Waals surface area contributed by atoms with Crippen LogP contribution in [0.2, 0.25) is 0 Å². The van der Waals surface area contributed by atoms with Crippen molar-refractivity contribution in [2.75, 3.05) is 40.0 Å². The number of thiophene rings is 1. The number of nitrogens with one attached hydrogen (secondary N) is 2. The number of rotatable bonds is 13. The molecule has 4 rings (SSSR count). The van der Waals surface area contributed by atoms with Gasteiger partial charge in [-0.25, -0.2) is 0 Å². The third-order valence-corrected chi connectivity index (χ3v) is 7.03. The van der Waals surface area contributed by atoms with Crippen LogP contribution < -0.4 is 15.4 Å². The van der Waals surface area contributed by atoms with Crippen LogP contribution in [-0.4, -0.2) is 61.9 Å². The van der Waals surface area contributed by atoms with Crippen molar-refractivity contribution in [3.63, 3.8) is 0 Å². The molecule has 0 radical (unpaired) electrons. The Balaban J connectivity index is 1.37. The van der Waals surface area contributed by atoms with E-state index >= 15 is 0 Å². The lowest BCUT2D eigenvalue weighted by Gasteiger charge is -2.09. The molecule has 0 aliphatic heterocycles. The Kier molecular flexibility index (Phi) is 9.69. The molecule has 0 aliphatic rings. The minimum absolute atomic E-state index is 0.135. The van der Waals surface area contributed by atoms with Gasteiger partial charge in [0, 0.05) is 58.9 Å². The van der Waals surface area contributed by atoms with E-state index in [1.807, 2.05) is 0 Å². The second-order valence-corrected chi connectivity index (χ2v) is 9.68. The number of ketones is 1. The van der Waals surface area contributed by atoms with Gasteiger partial charge in [0.05, 0.1) is 6.61 Å². The predicted octanol–water partition coefficient (Wildman–Crippen LogP) is 4.50. The van der Waals surface area contributed by atoms with Gasteiger partial charge in [-0.1, -0.05) is 6.08 Å². The third kappa shape index (κ3) is 7.44. The van der Waals surface area contributed by atoms with E-state index in [1.165, 1.54) is 17.4 Å². The summed E-state index contributed by atoms with van der Waals surface area (Å²) in [6.45, 7) is 2.48. The lowest BCUT2D eigenvalue weighted by atomic mass is 9.97. The average molecular weight is 547 g/mol. The maximum Gasteiger partial charge on any atom is 0.243 e. The van der Waals surface area contributed by atoms with E-state index in [0.717, 1.165) is 20.5 Å². The highest BCUT2D eigenvalue weighted by Crippen LogP contribution is 2.41. The van der Waals surface area contributed by atoms with Gasteiger partial charge >= 0.3 is 0 Å². The zero-order valence-electron chi connectivity index (χ0n) is 21.5. The highest BCUT2D eigenvalue weighted by atomic mass is 32.1. The number of hydrogen-bond donors (Lipinski definition) is 4. The number of phenolic OH excluding ortho intramolecular Hbond substituents is 2. The van der Waals surface area contributed by atoms with Crippen LogP contribution in [0.25, 0.3) is 20.5 Å². The Bertz CT molecular complexity index is 1450. The van der Waals surface area contributed by atoms with Crippen molar-refractivity contribution < 1.29 is 29.3 Å². The van der Waals surface area contributed by atoms with E-state index in [2.05, 4.69) is 10.6 Å². The van der Waals surface area contributed by atoms with Gasteiger partial charge in [-0.2, -0.15) is 0 Å². The Hall–Kier alpha value is -4.18. The lowest BCUT2D eigenvalue weighted by molar-refractivity contribution is -0.116. The maximum atomic E-state index is 13.7. The molecule has 8 nitrogen and oxygen atoms in total. The number of carbonyl (C=O) groups excluding carboxylic acids is 2. The molecule has 3 aromatic carbocycles. The summed E-state index contributed by atoms with van der Waals surface area (Å²) in [7, 11) is 1.58. The molecular weight excluding hydrogens is 516 g/mol. The summed E-state index contributed by atoms with van der Waals surface area (Å²) in [6, 6.07) is 18.7. The molecule has 0 spiro atoms. The summed E-state index contributed by atoms with van der Waals surface area (Å²) in [6.07, 6.45) is 3.22. The molecule has 4 N–H and O–H groups in total. The van der Waals surface area contributed by atoms with Gasteiger partial charge in [0.2, 0.25) is 5.91 Å². The first-order valence-corrected chi connectivity index (χ1v) is 13.2. The zero-order chi connectivity index (χ0) is 27.6. The van der Waals surface area contributed by atoms with E-state index in [9.17, 15) is 19.8 Å². The molecule has 0 bridgehead atoms. The fourth-order valence-corrected chi connectivity index (χ4v) is 5.14. The number of carbonyl (C=O) groups is 2. The van der Waals surface area contributed by atoms with Crippen LogP contribution in [0.15, 0.2) is 78.9 Å². The van der Waals surface area contributed by atoms with Crippen LogP contribution in [0.1, 0.15) is 15.9 Å². The molecule has 1 amide bonds. The standard InChI is InChI=1S/C30H30N2O6S/c1-37-17-16-32-27(35)3-2-14-31-15-18-38-24-11-6-20(7-12-24)29(36)28-25-13-10-23(34)19-26(25)39-30(28)21-4-8-22(33)9-5-21/h2-13,19,31,33-34H,14-18H2,1H3,(H,32,35)/b3-2+. The van der Waals surface area contributed by atoms with E-state index in [-0.39, 0.29) is 23.2 Å². The second-order valence-electron chi connectivity index (χ2n) is 8.63. The topological polar surface area (TPSA) is 117 Å². The molecule has 202 valence electrons. The number of fused-ring (bicyclic) bond motifs is 1. The molecule has 39 heavy (non-hydrogen) atoms. The molecule has 0 unspecified atom stereocenters. The van der Waals surface area contributed by atoms with Crippen LogP contribution >= 0.6 is 11.3 Å². The largest absolute Gasteiger partial charge is 0.508 e. The summed E-state index contributed by atoms with van der Waals surface area (Å²) < 4.78 is 11.5. The monoisotopic (exact) mass is 546 g/mol. The highest BCUT2D eigenvalue weighted by Gasteiger charge is 2.22. The van der Waals surface area contributed by atoms with Crippen molar-refractivity contribution in [2.24, 2.45) is 0 Å². The number of amides is 1. The summed E-state index contributed by atoms with van der Waals surface area (Å²) in [5, 5.41) is 26.3. The number of phenols is 2. The number of ether oxygens (including phenoxy) is 2. The van der Waals surface area contributed by atoms with Gasteiger partial charge in [0.1, 0.15) is 23.9 Å². The zero-order valence-corrected chi connectivity index (χ0v) is 22.3. The van der Waals surface area contributed by atoms with Crippen LogP contribution in [0, 0.1) is 0 Å². The van der Waals surface area contributed by atoms with Gasteiger partial charge in [-0.05, 0) is 72.3 Å². The van der Waals surface area contributed by atoms with Crippen molar-refractivity contribution in [1.29, 1.82) is 0 Å². The van der Waals surface area contributed by atoms with E-state index in [1.54, 1.807) is 79.9 Å². The molecular formula is C30H30N2O6S. The Morgan fingerprint density at radius 3 is 2.41 bits per heavy atom. The summed E-state index contributed by atoms with van der Waals surface area (Å²) in [5.41, 5.74) is 1.88. The van der Waals surface area contributed by atoms with Gasteiger partial charge < -0.3 is 30.3 Å². The SMILES string of the molecule is COCCNC(=O)/C=C/CNCCOc1ccc(C(=O)c2c(-c3ccc(O)cc3)sc3cc(O)ccc23)cc1. The van der Waals surface area contributed by atoms with Crippen molar-refractivity contribution in [1.82, 2.24) is 10.6 Å². The molecule has 1 aromatic heterocycles. The number of methoxy groups -OCH3 is 1. The number of aromatic hydroxyl groups is 2. The predicted molar refractivity (Wildman–Crippen MR) is 153 cm³/mol. The maximum absolute atomic E-state index is 13.7. The molecule has 0 saturated heterocycles. The minimum Gasteiger partial charge on any atom is -0.508 e. The normalized spacial score (nSPS) is 11.2. The highest BCUT2D eigenvalue weighted by molar-refractivity contribution is 7.22. The Labute approximate surface area is 230 Å². The molecule has 0 atom stereocenters. The van der Waals surface area contributed by atoms with E-state index in [4.69, 9.17) is 9.47 Å². The summed E-state index contributed by atoms with van der Waals surface area (Å²) >= 11 is 1.42. The average Bonchev–Trinajstić information content (AvgIpc) is 3.31. The first kappa shape index (κ1) is 27.8. The molecule has 0 saturated carbocycles. The second kappa shape index (κ2) is 13.6. The van der Waals surface area contributed by atoms with E-state index < -0.39 is 0 Å².